The van der Waals surface area contributed by atoms with Crippen LogP contribution in [-0.4, -0.2) is 36.6 Å². The van der Waals surface area contributed by atoms with E-state index < -0.39 is 0 Å². The zero-order chi connectivity index (χ0) is 21.7. The number of amides is 2. The molecule has 1 unspecified atom stereocenters. The monoisotopic (exact) mass is 427 g/mol. The summed E-state index contributed by atoms with van der Waals surface area (Å²) in [6.45, 7) is 4.22. The molecule has 1 atom stereocenters. The topological polar surface area (TPSA) is 95.6 Å². The standard InChI is InChI=1S/C22H25N3O4S/c1-14(2)25(3)22(27)29-13-16-4-6-17-18(11-23)21(30-19(17)10-16)24-20(26)7-5-15-8-9-28-12-15/h5,7-9,12,14,16H,4,6,10,13H2,1-3H3,(H,24,26)/b7-5+. The summed E-state index contributed by atoms with van der Waals surface area (Å²) >= 11 is 1.43. The van der Waals surface area contributed by atoms with E-state index in [0.29, 0.717) is 17.2 Å². The lowest BCUT2D eigenvalue weighted by Crippen LogP contribution is -2.35. The van der Waals surface area contributed by atoms with Gasteiger partial charge in [-0.05, 0) is 56.7 Å². The van der Waals surface area contributed by atoms with Crippen LogP contribution in [0.5, 0.6) is 0 Å². The van der Waals surface area contributed by atoms with E-state index in [2.05, 4.69) is 11.4 Å². The lowest BCUT2D eigenvalue weighted by Gasteiger charge is -2.25. The Bertz CT molecular complexity index is 969. The molecule has 0 fully saturated rings. The maximum atomic E-state index is 12.3. The van der Waals surface area contributed by atoms with Crippen LogP contribution in [0.4, 0.5) is 9.80 Å². The summed E-state index contributed by atoms with van der Waals surface area (Å²) in [6, 6.07) is 4.07. The van der Waals surface area contributed by atoms with Crippen LogP contribution in [0, 0.1) is 17.2 Å². The van der Waals surface area contributed by atoms with Crippen molar-refractivity contribution in [1.29, 1.82) is 5.26 Å². The number of fused-ring (bicyclic) bond motifs is 1. The molecule has 0 saturated carbocycles. The summed E-state index contributed by atoms with van der Waals surface area (Å²) in [7, 11) is 1.72. The molecule has 0 aliphatic heterocycles. The lowest BCUT2D eigenvalue weighted by atomic mass is 9.88. The predicted octanol–water partition coefficient (Wildman–Crippen LogP) is 4.45. The highest BCUT2D eigenvalue weighted by Gasteiger charge is 2.27. The zero-order valence-electron chi connectivity index (χ0n) is 17.3. The molecule has 1 N–H and O–H groups in total. The van der Waals surface area contributed by atoms with E-state index in [9.17, 15) is 14.9 Å². The third-order valence-electron chi connectivity index (χ3n) is 5.19. The van der Waals surface area contributed by atoms with Crippen LogP contribution < -0.4 is 5.32 Å². The van der Waals surface area contributed by atoms with Crippen LogP contribution in [-0.2, 0) is 22.4 Å². The van der Waals surface area contributed by atoms with E-state index in [1.165, 1.54) is 23.7 Å². The minimum Gasteiger partial charge on any atom is -0.472 e. The smallest absolute Gasteiger partial charge is 0.409 e. The Hall–Kier alpha value is -3.05. The number of nitrogens with one attached hydrogen (secondary N) is 1. The van der Waals surface area contributed by atoms with E-state index in [4.69, 9.17) is 9.15 Å². The molecule has 2 heterocycles. The van der Waals surface area contributed by atoms with Gasteiger partial charge < -0.3 is 19.4 Å². The van der Waals surface area contributed by atoms with E-state index >= 15 is 0 Å². The molecule has 1 aliphatic carbocycles. The molecule has 30 heavy (non-hydrogen) atoms. The molecule has 0 aromatic carbocycles. The molecule has 2 aromatic heterocycles. The molecule has 158 valence electrons. The van der Waals surface area contributed by atoms with Crippen LogP contribution >= 0.6 is 11.3 Å². The van der Waals surface area contributed by atoms with Gasteiger partial charge in [-0.3, -0.25) is 4.79 Å². The summed E-state index contributed by atoms with van der Waals surface area (Å²) < 4.78 is 10.4. The Morgan fingerprint density at radius 2 is 2.30 bits per heavy atom. The summed E-state index contributed by atoms with van der Waals surface area (Å²) in [5, 5.41) is 13.0. The minimum absolute atomic E-state index is 0.0830. The number of anilines is 1. The van der Waals surface area contributed by atoms with Crippen LogP contribution in [0.3, 0.4) is 0 Å². The molecule has 8 heteroatoms. The number of thiophene rings is 1. The molecule has 7 nitrogen and oxygen atoms in total. The summed E-state index contributed by atoms with van der Waals surface area (Å²) in [5.74, 6) is -0.0924. The number of nitrogens with zero attached hydrogens (tertiary/aromatic N) is 2. The average molecular weight is 428 g/mol. The number of nitriles is 1. The van der Waals surface area contributed by atoms with Crippen molar-refractivity contribution < 1.29 is 18.7 Å². The second-order valence-electron chi connectivity index (χ2n) is 7.59. The first kappa shape index (κ1) is 21.7. The van der Waals surface area contributed by atoms with Gasteiger partial charge in [-0.15, -0.1) is 11.3 Å². The molecule has 0 radical (unpaired) electrons. The van der Waals surface area contributed by atoms with Gasteiger partial charge in [0, 0.05) is 29.6 Å². The number of hydrogen-bond acceptors (Lipinski definition) is 6. The third-order valence-corrected chi connectivity index (χ3v) is 6.36. The van der Waals surface area contributed by atoms with Crippen LogP contribution in [0.25, 0.3) is 6.08 Å². The normalized spacial score (nSPS) is 15.6. The molecule has 1 aliphatic rings. The van der Waals surface area contributed by atoms with Gasteiger partial charge >= 0.3 is 6.09 Å². The fraction of sp³-hybridized carbons (Fsp3) is 0.409. The summed E-state index contributed by atoms with van der Waals surface area (Å²) in [4.78, 5) is 26.9. The first-order valence-electron chi connectivity index (χ1n) is 9.84. The van der Waals surface area contributed by atoms with Crippen molar-refractivity contribution in [2.24, 2.45) is 5.92 Å². The molecule has 2 aromatic rings. The Kier molecular flexibility index (Phi) is 6.95. The summed E-state index contributed by atoms with van der Waals surface area (Å²) in [6.07, 6.45) is 8.12. The highest BCUT2D eigenvalue weighted by atomic mass is 32.1. The van der Waals surface area contributed by atoms with Crippen molar-refractivity contribution in [3.05, 3.63) is 46.2 Å². The second kappa shape index (κ2) is 9.63. The van der Waals surface area contributed by atoms with Gasteiger partial charge in [0.25, 0.3) is 0 Å². The minimum atomic E-state index is -0.322. The van der Waals surface area contributed by atoms with Gasteiger partial charge in [0.2, 0.25) is 5.91 Å². The number of ether oxygens (including phenoxy) is 1. The quantitative estimate of drug-likeness (QED) is 0.687. The second-order valence-corrected chi connectivity index (χ2v) is 8.69. The number of hydrogen-bond donors (Lipinski definition) is 1. The first-order chi connectivity index (χ1) is 14.4. The van der Waals surface area contributed by atoms with Gasteiger partial charge in [0.1, 0.15) is 11.1 Å². The van der Waals surface area contributed by atoms with Crippen molar-refractivity contribution in [1.82, 2.24) is 4.90 Å². The zero-order valence-corrected chi connectivity index (χ0v) is 18.1. The van der Waals surface area contributed by atoms with Gasteiger partial charge in [-0.25, -0.2) is 4.79 Å². The van der Waals surface area contributed by atoms with Crippen molar-refractivity contribution in [3.63, 3.8) is 0 Å². The van der Waals surface area contributed by atoms with Crippen LogP contribution in [0.2, 0.25) is 0 Å². The highest BCUT2D eigenvalue weighted by Crippen LogP contribution is 2.39. The Balaban J connectivity index is 1.63. The molecule has 0 saturated heterocycles. The van der Waals surface area contributed by atoms with Crippen molar-refractivity contribution >= 4 is 34.4 Å². The van der Waals surface area contributed by atoms with Crippen molar-refractivity contribution in [3.8, 4) is 6.07 Å². The van der Waals surface area contributed by atoms with Crippen LogP contribution in [0.15, 0.2) is 29.1 Å². The molecule has 3 rings (SSSR count). The number of furan rings is 1. The van der Waals surface area contributed by atoms with Crippen molar-refractivity contribution in [2.75, 3.05) is 19.0 Å². The van der Waals surface area contributed by atoms with E-state index in [1.54, 1.807) is 30.4 Å². The predicted molar refractivity (Wildman–Crippen MR) is 115 cm³/mol. The van der Waals surface area contributed by atoms with E-state index in [-0.39, 0.29) is 24.0 Å². The molecular formula is C22H25N3O4S. The number of carbonyl (C=O) groups excluding carboxylic acids is 2. The fourth-order valence-corrected chi connectivity index (χ4v) is 4.52. The van der Waals surface area contributed by atoms with Gasteiger partial charge in [-0.1, -0.05) is 0 Å². The highest BCUT2D eigenvalue weighted by molar-refractivity contribution is 7.16. The van der Waals surface area contributed by atoms with Crippen LogP contribution in [0.1, 0.15) is 41.8 Å². The van der Waals surface area contributed by atoms with Gasteiger partial charge in [-0.2, -0.15) is 5.26 Å². The van der Waals surface area contributed by atoms with Gasteiger partial charge in [0.15, 0.2) is 0 Å². The first-order valence-corrected chi connectivity index (χ1v) is 10.7. The Morgan fingerprint density at radius 1 is 1.50 bits per heavy atom. The molecule has 0 spiro atoms. The maximum Gasteiger partial charge on any atom is 0.409 e. The van der Waals surface area contributed by atoms with Gasteiger partial charge in [0.05, 0.1) is 24.7 Å². The number of carbonyl (C=O) groups is 2. The molecule has 0 bridgehead atoms. The lowest BCUT2D eigenvalue weighted by molar-refractivity contribution is -0.111. The Labute approximate surface area is 179 Å². The SMILES string of the molecule is CC(C)N(C)C(=O)OCC1CCc2c(sc(NC(=O)/C=C/c3ccoc3)c2C#N)C1. The average Bonchev–Trinajstić information content (AvgIpc) is 3.36. The van der Waals surface area contributed by atoms with E-state index in [0.717, 1.165) is 35.3 Å². The Morgan fingerprint density at radius 3 is 2.97 bits per heavy atom. The largest absolute Gasteiger partial charge is 0.472 e. The number of rotatable bonds is 6. The van der Waals surface area contributed by atoms with Crippen molar-refractivity contribution in [2.45, 2.75) is 39.2 Å². The van der Waals surface area contributed by atoms with E-state index in [1.807, 2.05) is 13.8 Å². The molecule has 2 amide bonds. The molecular weight excluding hydrogens is 402 g/mol. The summed E-state index contributed by atoms with van der Waals surface area (Å²) in [5.41, 5.74) is 2.32. The third kappa shape index (κ3) is 5.10. The fourth-order valence-electron chi connectivity index (χ4n) is 3.20. The maximum absolute atomic E-state index is 12.3.